The molecule has 1 fully saturated rings. The Labute approximate surface area is 96.0 Å². The van der Waals surface area contributed by atoms with Crippen LogP contribution in [0, 0.1) is 0 Å². The maximum atomic E-state index is 9.41. The topological polar surface area (TPSA) is 29.5 Å². The summed E-state index contributed by atoms with van der Waals surface area (Å²) in [5.41, 5.74) is 0.0317. The number of methoxy groups -OCH3 is 1. The van der Waals surface area contributed by atoms with E-state index in [1.54, 1.807) is 18.4 Å². The van der Waals surface area contributed by atoms with E-state index in [1.807, 2.05) is 0 Å². The Morgan fingerprint density at radius 3 is 2.71 bits per heavy atom. The highest BCUT2D eigenvalue weighted by Gasteiger charge is 2.39. The van der Waals surface area contributed by atoms with Crippen LogP contribution in [0.2, 0.25) is 0 Å². The standard InChI is InChI=1S/C10H13BrO2S/c1-13-9-7(11)5-8(14-9)10(6-12)3-2-4-10/h5,12H,2-4,6H2,1H3. The first-order valence-corrected chi connectivity index (χ1v) is 6.27. The molecule has 0 unspecified atom stereocenters. The molecule has 1 aromatic heterocycles. The highest BCUT2D eigenvalue weighted by molar-refractivity contribution is 9.10. The van der Waals surface area contributed by atoms with Crippen molar-refractivity contribution in [2.45, 2.75) is 24.7 Å². The smallest absolute Gasteiger partial charge is 0.188 e. The van der Waals surface area contributed by atoms with Gasteiger partial charge in [0.15, 0.2) is 5.06 Å². The first-order valence-electron chi connectivity index (χ1n) is 4.66. The molecule has 0 saturated heterocycles. The lowest BCUT2D eigenvalue weighted by Crippen LogP contribution is -2.36. The summed E-state index contributed by atoms with van der Waals surface area (Å²) in [6.07, 6.45) is 3.41. The van der Waals surface area contributed by atoms with E-state index < -0.39 is 0 Å². The summed E-state index contributed by atoms with van der Waals surface area (Å²) >= 11 is 5.09. The summed E-state index contributed by atoms with van der Waals surface area (Å²) < 4.78 is 6.22. The van der Waals surface area contributed by atoms with E-state index in [9.17, 15) is 5.11 Å². The molecule has 0 spiro atoms. The van der Waals surface area contributed by atoms with Crippen LogP contribution in [-0.2, 0) is 5.41 Å². The molecule has 1 aromatic rings. The van der Waals surface area contributed by atoms with Gasteiger partial charge in [-0.3, -0.25) is 0 Å². The minimum atomic E-state index is 0.0317. The van der Waals surface area contributed by atoms with Crippen molar-refractivity contribution >= 4 is 27.3 Å². The Hall–Kier alpha value is -0.0600. The minimum absolute atomic E-state index is 0.0317. The number of aliphatic hydroxyl groups is 1. The third-order valence-corrected chi connectivity index (χ3v) is 5.17. The van der Waals surface area contributed by atoms with Crippen LogP contribution >= 0.6 is 27.3 Å². The van der Waals surface area contributed by atoms with Gasteiger partial charge in [0.1, 0.15) is 0 Å². The second-order valence-electron chi connectivity index (χ2n) is 3.74. The highest BCUT2D eigenvalue weighted by Crippen LogP contribution is 2.49. The SMILES string of the molecule is COc1sc(C2(CO)CCC2)cc1Br. The quantitative estimate of drug-likeness (QED) is 0.920. The molecule has 0 aliphatic heterocycles. The summed E-state index contributed by atoms with van der Waals surface area (Å²) in [6, 6.07) is 2.08. The summed E-state index contributed by atoms with van der Waals surface area (Å²) in [5.74, 6) is 0. The monoisotopic (exact) mass is 276 g/mol. The molecular formula is C10H13BrO2S. The number of rotatable bonds is 3. The van der Waals surface area contributed by atoms with E-state index in [-0.39, 0.29) is 12.0 Å². The van der Waals surface area contributed by atoms with E-state index in [4.69, 9.17) is 4.74 Å². The van der Waals surface area contributed by atoms with Crippen LogP contribution in [0.25, 0.3) is 0 Å². The number of hydrogen-bond acceptors (Lipinski definition) is 3. The highest BCUT2D eigenvalue weighted by atomic mass is 79.9. The number of thiophene rings is 1. The number of aliphatic hydroxyl groups excluding tert-OH is 1. The van der Waals surface area contributed by atoms with Gasteiger partial charge in [-0.15, -0.1) is 11.3 Å². The van der Waals surface area contributed by atoms with Gasteiger partial charge in [0.25, 0.3) is 0 Å². The Kier molecular flexibility index (Phi) is 2.86. The molecule has 78 valence electrons. The fourth-order valence-electron chi connectivity index (χ4n) is 1.84. The van der Waals surface area contributed by atoms with Gasteiger partial charge in [0.2, 0.25) is 0 Å². The van der Waals surface area contributed by atoms with Crippen LogP contribution < -0.4 is 4.74 Å². The fraction of sp³-hybridized carbons (Fsp3) is 0.600. The lowest BCUT2D eigenvalue weighted by Gasteiger charge is -2.39. The average Bonchev–Trinajstić information content (AvgIpc) is 2.46. The van der Waals surface area contributed by atoms with Gasteiger partial charge < -0.3 is 9.84 Å². The maximum Gasteiger partial charge on any atom is 0.188 e. The van der Waals surface area contributed by atoms with E-state index >= 15 is 0 Å². The Morgan fingerprint density at radius 2 is 2.36 bits per heavy atom. The van der Waals surface area contributed by atoms with Crippen LogP contribution in [0.5, 0.6) is 5.06 Å². The normalized spacial score (nSPS) is 19.1. The Bertz CT molecular complexity index is 325. The third-order valence-electron chi connectivity index (χ3n) is 2.98. The second kappa shape index (κ2) is 3.83. The average molecular weight is 277 g/mol. The molecule has 2 rings (SSSR count). The van der Waals surface area contributed by atoms with Crippen molar-refractivity contribution in [3.63, 3.8) is 0 Å². The van der Waals surface area contributed by atoms with Crippen LogP contribution in [0.1, 0.15) is 24.1 Å². The maximum absolute atomic E-state index is 9.41. The summed E-state index contributed by atoms with van der Waals surface area (Å²) in [6.45, 7) is 0.253. The summed E-state index contributed by atoms with van der Waals surface area (Å²) in [4.78, 5) is 1.25. The van der Waals surface area contributed by atoms with E-state index in [2.05, 4.69) is 22.0 Å². The molecule has 4 heteroatoms. The molecule has 0 aromatic carbocycles. The molecule has 2 nitrogen and oxygen atoms in total. The molecule has 0 amide bonds. The lowest BCUT2D eigenvalue weighted by atomic mass is 9.68. The predicted octanol–water partition coefficient (Wildman–Crippen LogP) is 2.93. The zero-order chi connectivity index (χ0) is 10.2. The second-order valence-corrected chi connectivity index (χ2v) is 5.61. The molecule has 14 heavy (non-hydrogen) atoms. The Morgan fingerprint density at radius 1 is 1.64 bits per heavy atom. The number of ether oxygens (including phenoxy) is 1. The number of hydrogen-bond donors (Lipinski definition) is 1. The fourth-order valence-corrected chi connectivity index (χ4v) is 3.73. The molecule has 1 aliphatic rings. The first-order chi connectivity index (χ1) is 6.72. The molecule has 0 atom stereocenters. The molecule has 1 saturated carbocycles. The molecular weight excluding hydrogens is 264 g/mol. The van der Waals surface area contributed by atoms with E-state index in [0.717, 1.165) is 22.4 Å². The van der Waals surface area contributed by atoms with E-state index in [1.165, 1.54) is 11.3 Å². The van der Waals surface area contributed by atoms with Crippen molar-refractivity contribution in [1.29, 1.82) is 0 Å². The van der Waals surface area contributed by atoms with Gasteiger partial charge in [-0.05, 0) is 34.8 Å². The zero-order valence-electron chi connectivity index (χ0n) is 8.05. The van der Waals surface area contributed by atoms with Gasteiger partial charge in [-0.2, -0.15) is 0 Å². The Balaban J connectivity index is 2.31. The zero-order valence-corrected chi connectivity index (χ0v) is 10.4. The van der Waals surface area contributed by atoms with Crippen molar-refractivity contribution in [2.75, 3.05) is 13.7 Å². The lowest BCUT2D eigenvalue weighted by molar-refractivity contribution is 0.123. The van der Waals surface area contributed by atoms with Gasteiger partial charge in [0, 0.05) is 10.3 Å². The first kappa shape index (κ1) is 10.5. The summed E-state index contributed by atoms with van der Waals surface area (Å²) in [7, 11) is 1.67. The van der Waals surface area contributed by atoms with Crippen LogP contribution in [-0.4, -0.2) is 18.8 Å². The predicted molar refractivity (Wildman–Crippen MR) is 61.2 cm³/mol. The summed E-state index contributed by atoms with van der Waals surface area (Å²) in [5, 5.41) is 10.3. The van der Waals surface area contributed by atoms with Crippen molar-refractivity contribution < 1.29 is 9.84 Å². The molecule has 0 bridgehead atoms. The van der Waals surface area contributed by atoms with Gasteiger partial charge in [-0.25, -0.2) is 0 Å². The van der Waals surface area contributed by atoms with Crippen LogP contribution in [0.4, 0.5) is 0 Å². The molecule has 1 heterocycles. The van der Waals surface area contributed by atoms with Crippen LogP contribution in [0.3, 0.4) is 0 Å². The van der Waals surface area contributed by atoms with E-state index in [0.29, 0.717) is 0 Å². The van der Waals surface area contributed by atoms with Crippen molar-refractivity contribution in [3.8, 4) is 5.06 Å². The van der Waals surface area contributed by atoms with Gasteiger partial charge >= 0.3 is 0 Å². The minimum Gasteiger partial charge on any atom is -0.486 e. The largest absolute Gasteiger partial charge is 0.486 e. The van der Waals surface area contributed by atoms with Gasteiger partial charge in [0.05, 0.1) is 18.2 Å². The van der Waals surface area contributed by atoms with Crippen molar-refractivity contribution in [1.82, 2.24) is 0 Å². The van der Waals surface area contributed by atoms with Crippen molar-refractivity contribution in [3.05, 3.63) is 15.4 Å². The van der Waals surface area contributed by atoms with Crippen molar-refractivity contribution in [2.24, 2.45) is 0 Å². The molecule has 1 aliphatic carbocycles. The van der Waals surface area contributed by atoms with Crippen LogP contribution in [0.15, 0.2) is 10.5 Å². The number of halogens is 1. The molecule has 0 radical (unpaired) electrons. The molecule has 1 N–H and O–H groups in total. The third kappa shape index (κ3) is 1.49. The van der Waals surface area contributed by atoms with Gasteiger partial charge in [-0.1, -0.05) is 6.42 Å².